The molecule has 2 aromatic heterocycles. The van der Waals surface area contributed by atoms with Crippen LogP contribution in [0.15, 0.2) is 24.5 Å². The first-order valence-electron chi connectivity index (χ1n) is 5.20. The van der Waals surface area contributed by atoms with Crippen LogP contribution in [0.3, 0.4) is 0 Å². The first kappa shape index (κ1) is 10.5. The zero-order chi connectivity index (χ0) is 11.5. The molecule has 0 bridgehead atoms. The van der Waals surface area contributed by atoms with Gasteiger partial charge in [0.2, 0.25) is 0 Å². The number of hydrogen-bond acceptors (Lipinski definition) is 3. The molecule has 0 aromatic carbocycles. The lowest BCUT2D eigenvalue weighted by molar-refractivity contribution is 0.111. The zero-order valence-corrected chi connectivity index (χ0v) is 9.34. The van der Waals surface area contributed by atoms with Crippen LogP contribution in [0, 0.1) is 6.92 Å². The Bertz CT molecular complexity index is 502. The molecule has 0 saturated carbocycles. The summed E-state index contributed by atoms with van der Waals surface area (Å²) in [4.78, 5) is 19.4. The Morgan fingerprint density at radius 3 is 2.88 bits per heavy atom. The molecule has 0 radical (unpaired) electrons. The highest BCUT2D eigenvalue weighted by atomic mass is 16.1. The molecular formula is C12H13N3O. The van der Waals surface area contributed by atoms with Crippen molar-refractivity contribution in [2.24, 2.45) is 0 Å². The van der Waals surface area contributed by atoms with E-state index in [0.29, 0.717) is 5.69 Å². The summed E-state index contributed by atoms with van der Waals surface area (Å²) in [6, 6.07) is 3.80. The predicted molar refractivity (Wildman–Crippen MR) is 61.3 cm³/mol. The number of hydrogen-bond donors (Lipinski definition) is 0. The summed E-state index contributed by atoms with van der Waals surface area (Å²) >= 11 is 0. The second-order valence-corrected chi connectivity index (χ2v) is 3.51. The van der Waals surface area contributed by atoms with Crippen molar-refractivity contribution < 1.29 is 4.79 Å². The minimum Gasteiger partial charge on any atom is -0.322 e. The van der Waals surface area contributed by atoms with Gasteiger partial charge in [0.15, 0.2) is 6.29 Å². The van der Waals surface area contributed by atoms with E-state index in [-0.39, 0.29) is 0 Å². The topological polar surface area (TPSA) is 47.8 Å². The van der Waals surface area contributed by atoms with E-state index in [4.69, 9.17) is 0 Å². The third kappa shape index (κ3) is 1.62. The van der Waals surface area contributed by atoms with Crippen LogP contribution in [0.25, 0.3) is 11.4 Å². The van der Waals surface area contributed by atoms with E-state index in [0.717, 1.165) is 29.9 Å². The fourth-order valence-corrected chi connectivity index (χ4v) is 1.77. The van der Waals surface area contributed by atoms with Crippen LogP contribution >= 0.6 is 0 Å². The minimum atomic E-state index is 0.640. The lowest BCUT2D eigenvalue weighted by Crippen LogP contribution is -2.02. The Hall–Kier alpha value is -1.97. The first-order chi connectivity index (χ1) is 7.77. The van der Waals surface area contributed by atoms with Crippen molar-refractivity contribution >= 4 is 6.29 Å². The highest BCUT2D eigenvalue weighted by Crippen LogP contribution is 2.20. The quantitative estimate of drug-likeness (QED) is 0.736. The molecule has 2 rings (SSSR count). The number of aldehydes is 1. The molecule has 0 atom stereocenters. The molecule has 0 amide bonds. The highest BCUT2D eigenvalue weighted by Gasteiger charge is 2.13. The van der Waals surface area contributed by atoms with Gasteiger partial charge in [-0.1, -0.05) is 0 Å². The van der Waals surface area contributed by atoms with E-state index < -0.39 is 0 Å². The maximum Gasteiger partial charge on any atom is 0.168 e. The molecule has 4 heteroatoms. The smallest absolute Gasteiger partial charge is 0.168 e. The van der Waals surface area contributed by atoms with Crippen LogP contribution in [0.1, 0.15) is 23.1 Å². The summed E-state index contributed by atoms with van der Waals surface area (Å²) in [7, 11) is 0. The third-order valence-electron chi connectivity index (χ3n) is 2.54. The van der Waals surface area contributed by atoms with Crippen LogP contribution in [0.2, 0.25) is 0 Å². The Labute approximate surface area is 94.0 Å². The van der Waals surface area contributed by atoms with Crippen molar-refractivity contribution in [1.29, 1.82) is 0 Å². The van der Waals surface area contributed by atoms with Crippen LogP contribution in [-0.2, 0) is 6.54 Å². The first-order valence-corrected chi connectivity index (χ1v) is 5.20. The summed E-state index contributed by atoms with van der Waals surface area (Å²) in [5.41, 5.74) is 2.33. The van der Waals surface area contributed by atoms with Crippen molar-refractivity contribution in [2.75, 3.05) is 0 Å². The van der Waals surface area contributed by atoms with Crippen LogP contribution < -0.4 is 0 Å². The van der Waals surface area contributed by atoms with E-state index in [9.17, 15) is 4.79 Å². The van der Waals surface area contributed by atoms with Crippen molar-refractivity contribution in [1.82, 2.24) is 14.5 Å². The molecule has 0 N–H and O–H groups in total. The number of pyridine rings is 1. The van der Waals surface area contributed by atoms with Gasteiger partial charge in [0, 0.05) is 24.5 Å². The number of aryl methyl sites for hydroxylation is 1. The second-order valence-electron chi connectivity index (χ2n) is 3.51. The van der Waals surface area contributed by atoms with E-state index in [1.165, 1.54) is 0 Å². The molecule has 4 nitrogen and oxygen atoms in total. The zero-order valence-electron chi connectivity index (χ0n) is 9.34. The number of imidazole rings is 1. The van der Waals surface area contributed by atoms with Gasteiger partial charge in [-0.15, -0.1) is 0 Å². The van der Waals surface area contributed by atoms with Crippen molar-refractivity contribution in [3.05, 3.63) is 35.9 Å². The minimum absolute atomic E-state index is 0.640. The van der Waals surface area contributed by atoms with E-state index >= 15 is 0 Å². The molecule has 0 spiro atoms. The number of nitrogens with zero attached hydrogens (tertiary/aromatic N) is 3. The number of carbonyl (C=O) groups excluding carboxylic acids is 1. The van der Waals surface area contributed by atoms with E-state index in [1.54, 1.807) is 12.4 Å². The molecule has 0 aliphatic carbocycles. The van der Waals surface area contributed by atoms with Gasteiger partial charge in [-0.25, -0.2) is 4.98 Å². The second kappa shape index (κ2) is 4.26. The average molecular weight is 215 g/mol. The van der Waals surface area contributed by atoms with Gasteiger partial charge in [0.25, 0.3) is 0 Å². The molecule has 0 aliphatic heterocycles. The third-order valence-corrected chi connectivity index (χ3v) is 2.54. The number of carbonyl (C=O) groups is 1. The predicted octanol–water partition coefficient (Wildman–Crippen LogP) is 2.09. The summed E-state index contributed by atoms with van der Waals surface area (Å²) < 4.78 is 1.90. The SMILES string of the molecule is CCn1c(-c2cccnc2)nc(C)c1C=O. The lowest BCUT2D eigenvalue weighted by atomic mass is 10.2. The monoisotopic (exact) mass is 215 g/mol. The lowest BCUT2D eigenvalue weighted by Gasteiger charge is -2.05. The van der Waals surface area contributed by atoms with Gasteiger partial charge in [-0.05, 0) is 26.0 Å². The van der Waals surface area contributed by atoms with Crippen molar-refractivity contribution in [2.45, 2.75) is 20.4 Å². The van der Waals surface area contributed by atoms with Gasteiger partial charge >= 0.3 is 0 Å². The molecule has 0 unspecified atom stereocenters. The maximum atomic E-state index is 11.0. The molecule has 2 aromatic rings. The van der Waals surface area contributed by atoms with Gasteiger partial charge in [0.1, 0.15) is 11.5 Å². The normalized spacial score (nSPS) is 10.4. The average Bonchev–Trinajstić information content (AvgIpc) is 2.66. The Morgan fingerprint density at radius 2 is 2.31 bits per heavy atom. The molecular weight excluding hydrogens is 202 g/mol. The number of rotatable bonds is 3. The van der Waals surface area contributed by atoms with Crippen LogP contribution in [0.5, 0.6) is 0 Å². The van der Waals surface area contributed by atoms with Gasteiger partial charge in [-0.3, -0.25) is 9.78 Å². The molecule has 0 fully saturated rings. The fraction of sp³-hybridized carbons (Fsp3) is 0.250. The fourth-order valence-electron chi connectivity index (χ4n) is 1.77. The van der Waals surface area contributed by atoms with Crippen molar-refractivity contribution in [3.63, 3.8) is 0 Å². The van der Waals surface area contributed by atoms with Crippen molar-refractivity contribution in [3.8, 4) is 11.4 Å². The maximum absolute atomic E-state index is 11.0. The van der Waals surface area contributed by atoms with Crippen LogP contribution in [0.4, 0.5) is 0 Å². The largest absolute Gasteiger partial charge is 0.322 e. The molecule has 2 heterocycles. The molecule has 0 saturated heterocycles. The van der Waals surface area contributed by atoms with Gasteiger partial charge in [-0.2, -0.15) is 0 Å². The molecule has 0 aliphatic rings. The van der Waals surface area contributed by atoms with Crippen LogP contribution in [-0.4, -0.2) is 20.8 Å². The number of aromatic nitrogens is 3. The summed E-state index contributed by atoms with van der Waals surface area (Å²) in [5.74, 6) is 0.801. The highest BCUT2D eigenvalue weighted by molar-refractivity contribution is 5.76. The summed E-state index contributed by atoms with van der Waals surface area (Å²) in [6.07, 6.45) is 4.32. The standard InChI is InChI=1S/C12H13N3O/c1-3-15-11(8-16)9(2)14-12(15)10-5-4-6-13-7-10/h4-8H,3H2,1-2H3. The molecule has 16 heavy (non-hydrogen) atoms. The Balaban J connectivity index is 2.62. The van der Waals surface area contributed by atoms with Gasteiger partial charge in [0.05, 0.1) is 5.69 Å². The van der Waals surface area contributed by atoms with E-state index in [1.807, 2.05) is 30.5 Å². The molecule has 82 valence electrons. The van der Waals surface area contributed by atoms with E-state index in [2.05, 4.69) is 9.97 Å². The Morgan fingerprint density at radius 1 is 1.50 bits per heavy atom. The summed E-state index contributed by atoms with van der Waals surface area (Å²) in [5, 5.41) is 0. The summed E-state index contributed by atoms with van der Waals surface area (Å²) in [6.45, 7) is 4.56. The van der Waals surface area contributed by atoms with Gasteiger partial charge < -0.3 is 4.57 Å². The Kier molecular flexibility index (Phi) is 2.81.